The number of carboxylic acid groups (broad SMARTS) is 1. The standard InChI is InChI=1S/C11H10O5/c12-9-4-2-1-3-8(9)7-16-11(15)6-5-10(13)14/h1-6,12H,7H2,(H,13,14)/b6-5+. The van der Waals surface area contributed by atoms with Crippen LogP contribution >= 0.6 is 0 Å². The Morgan fingerprint density at radius 3 is 2.56 bits per heavy atom. The molecule has 1 aromatic rings. The number of hydrogen-bond donors (Lipinski definition) is 2. The van der Waals surface area contributed by atoms with Crippen LogP contribution in [0.25, 0.3) is 0 Å². The van der Waals surface area contributed by atoms with Crippen LogP contribution in [0.1, 0.15) is 5.56 Å². The van der Waals surface area contributed by atoms with Gasteiger partial charge < -0.3 is 14.9 Å². The lowest BCUT2D eigenvalue weighted by atomic mass is 10.2. The van der Waals surface area contributed by atoms with E-state index in [1.807, 2.05) is 0 Å². The minimum atomic E-state index is -1.22. The van der Waals surface area contributed by atoms with Gasteiger partial charge in [0.1, 0.15) is 12.4 Å². The molecular formula is C11H10O5. The summed E-state index contributed by atoms with van der Waals surface area (Å²) in [6, 6.07) is 6.40. The summed E-state index contributed by atoms with van der Waals surface area (Å²) in [5.74, 6) is -1.97. The highest BCUT2D eigenvalue weighted by atomic mass is 16.5. The molecule has 5 nitrogen and oxygen atoms in total. The SMILES string of the molecule is O=C(O)/C=C/C(=O)OCc1ccccc1O. The number of aliphatic carboxylic acids is 1. The van der Waals surface area contributed by atoms with Gasteiger partial charge >= 0.3 is 11.9 Å². The van der Waals surface area contributed by atoms with E-state index in [4.69, 9.17) is 9.84 Å². The number of carbonyl (C=O) groups excluding carboxylic acids is 1. The topological polar surface area (TPSA) is 83.8 Å². The van der Waals surface area contributed by atoms with Crippen molar-refractivity contribution in [1.29, 1.82) is 0 Å². The van der Waals surface area contributed by atoms with E-state index >= 15 is 0 Å². The average Bonchev–Trinajstić information content (AvgIpc) is 2.25. The molecule has 0 aliphatic carbocycles. The number of esters is 1. The summed E-state index contributed by atoms with van der Waals surface area (Å²) < 4.78 is 4.71. The first-order valence-corrected chi connectivity index (χ1v) is 4.44. The number of phenols is 1. The molecule has 0 amide bonds. The van der Waals surface area contributed by atoms with Crippen LogP contribution in [0.4, 0.5) is 0 Å². The van der Waals surface area contributed by atoms with E-state index in [1.165, 1.54) is 6.07 Å². The van der Waals surface area contributed by atoms with Gasteiger partial charge in [-0.15, -0.1) is 0 Å². The van der Waals surface area contributed by atoms with Crippen LogP contribution in [0.15, 0.2) is 36.4 Å². The van der Waals surface area contributed by atoms with E-state index in [-0.39, 0.29) is 12.4 Å². The monoisotopic (exact) mass is 222 g/mol. The summed E-state index contributed by atoms with van der Waals surface area (Å²) in [4.78, 5) is 21.1. The molecule has 1 aromatic carbocycles. The number of para-hydroxylation sites is 1. The fourth-order valence-electron chi connectivity index (χ4n) is 0.969. The van der Waals surface area contributed by atoms with Crippen LogP contribution in [-0.4, -0.2) is 22.2 Å². The molecule has 0 atom stereocenters. The van der Waals surface area contributed by atoms with Gasteiger partial charge in [-0.3, -0.25) is 0 Å². The molecule has 0 saturated carbocycles. The Balaban J connectivity index is 2.49. The van der Waals surface area contributed by atoms with Crippen LogP contribution in [0.3, 0.4) is 0 Å². The number of ether oxygens (including phenoxy) is 1. The fourth-order valence-corrected chi connectivity index (χ4v) is 0.969. The lowest BCUT2D eigenvalue weighted by Gasteiger charge is -2.03. The Kier molecular flexibility index (Phi) is 4.08. The largest absolute Gasteiger partial charge is 0.508 e. The minimum Gasteiger partial charge on any atom is -0.508 e. The van der Waals surface area contributed by atoms with Gasteiger partial charge in [0.15, 0.2) is 0 Å². The van der Waals surface area contributed by atoms with E-state index in [1.54, 1.807) is 18.2 Å². The number of carboxylic acids is 1. The quantitative estimate of drug-likeness (QED) is 0.588. The molecule has 84 valence electrons. The molecule has 0 bridgehead atoms. The number of rotatable bonds is 4. The molecular weight excluding hydrogens is 212 g/mol. The van der Waals surface area contributed by atoms with E-state index in [2.05, 4.69) is 0 Å². The molecule has 0 unspecified atom stereocenters. The maximum Gasteiger partial charge on any atom is 0.331 e. The second-order valence-corrected chi connectivity index (χ2v) is 2.91. The maximum atomic E-state index is 11.0. The highest BCUT2D eigenvalue weighted by Gasteiger charge is 2.03. The average molecular weight is 222 g/mol. The number of phenolic OH excluding ortho intramolecular Hbond substituents is 1. The summed E-state index contributed by atoms with van der Waals surface area (Å²) in [5, 5.41) is 17.6. The van der Waals surface area contributed by atoms with Crippen molar-refractivity contribution in [1.82, 2.24) is 0 Å². The third-order valence-corrected chi connectivity index (χ3v) is 1.72. The lowest BCUT2D eigenvalue weighted by Crippen LogP contribution is -2.02. The van der Waals surface area contributed by atoms with E-state index in [0.717, 1.165) is 6.08 Å². The maximum absolute atomic E-state index is 11.0. The normalized spacial score (nSPS) is 10.2. The second-order valence-electron chi connectivity index (χ2n) is 2.91. The van der Waals surface area contributed by atoms with E-state index < -0.39 is 11.9 Å². The van der Waals surface area contributed by atoms with Gasteiger partial charge in [0.2, 0.25) is 0 Å². The van der Waals surface area contributed by atoms with Crippen molar-refractivity contribution in [3.63, 3.8) is 0 Å². The number of benzene rings is 1. The smallest absolute Gasteiger partial charge is 0.331 e. The molecule has 5 heteroatoms. The number of aromatic hydroxyl groups is 1. The van der Waals surface area contributed by atoms with Gasteiger partial charge in [0.05, 0.1) is 0 Å². The van der Waals surface area contributed by atoms with Crippen molar-refractivity contribution in [3.8, 4) is 5.75 Å². The second kappa shape index (κ2) is 5.55. The highest BCUT2D eigenvalue weighted by molar-refractivity contribution is 5.90. The summed E-state index contributed by atoms with van der Waals surface area (Å²) in [6.07, 6.45) is 1.50. The Hall–Kier alpha value is -2.30. The lowest BCUT2D eigenvalue weighted by molar-refractivity contribution is -0.139. The van der Waals surface area contributed by atoms with Crippen molar-refractivity contribution < 1.29 is 24.5 Å². The molecule has 0 radical (unpaired) electrons. The zero-order valence-corrected chi connectivity index (χ0v) is 8.29. The number of hydrogen-bond acceptors (Lipinski definition) is 4. The Bertz CT molecular complexity index is 422. The third kappa shape index (κ3) is 3.83. The summed E-state index contributed by atoms with van der Waals surface area (Å²) in [5.41, 5.74) is 0.458. The molecule has 16 heavy (non-hydrogen) atoms. The highest BCUT2D eigenvalue weighted by Crippen LogP contribution is 2.16. The molecule has 0 aliphatic heterocycles. The summed E-state index contributed by atoms with van der Waals surface area (Å²) in [6.45, 7) is -0.102. The molecule has 0 saturated heterocycles. The number of carbonyl (C=O) groups is 2. The van der Waals surface area contributed by atoms with Crippen molar-refractivity contribution in [2.24, 2.45) is 0 Å². The Morgan fingerprint density at radius 1 is 1.25 bits per heavy atom. The van der Waals surface area contributed by atoms with E-state index in [0.29, 0.717) is 11.6 Å². The van der Waals surface area contributed by atoms with Crippen molar-refractivity contribution in [2.45, 2.75) is 6.61 Å². The van der Waals surface area contributed by atoms with Gasteiger partial charge in [-0.25, -0.2) is 9.59 Å². The summed E-state index contributed by atoms with van der Waals surface area (Å²) >= 11 is 0. The van der Waals surface area contributed by atoms with Gasteiger partial charge in [0, 0.05) is 17.7 Å². The van der Waals surface area contributed by atoms with Crippen LogP contribution in [0.2, 0.25) is 0 Å². The first-order chi connectivity index (χ1) is 7.59. The van der Waals surface area contributed by atoms with Gasteiger partial charge in [-0.05, 0) is 6.07 Å². The molecule has 0 fully saturated rings. The Morgan fingerprint density at radius 2 is 1.94 bits per heavy atom. The fraction of sp³-hybridized carbons (Fsp3) is 0.0909. The zero-order chi connectivity index (χ0) is 12.0. The molecule has 1 rings (SSSR count). The van der Waals surface area contributed by atoms with Gasteiger partial charge in [-0.1, -0.05) is 18.2 Å². The van der Waals surface area contributed by atoms with Crippen LogP contribution in [0, 0.1) is 0 Å². The first-order valence-electron chi connectivity index (χ1n) is 4.44. The Labute approximate surface area is 91.6 Å². The molecule has 0 aromatic heterocycles. The van der Waals surface area contributed by atoms with Crippen molar-refractivity contribution >= 4 is 11.9 Å². The van der Waals surface area contributed by atoms with Crippen LogP contribution in [-0.2, 0) is 20.9 Å². The zero-order valence-electron chi connectivity index (χ0n) is 8.29. The van der Waals surface area contributed by atoms with Crippen molar-refractivity contribution in [2.75, 3.05) is 0 Å². The molecule has 0 spiro atoms. The predicted octanol–water partition coefficient (Wildman–Crippen LogP) is 1.08. The molecule has 0 aliphatic rings. The van der Waals surface area contributed by atoms with Gasteiger partial charge in [0.25, 0.3) is 0 Å². The summed E-state index contributed by atoms with van der Waals surface area (Å²) in [7, 11) is 0. The first kappa shape index (κ1) is 11.8. The van der Waals surface area contributed by atoms with E-state index in [9.17, 15) is 14.7 Å². The predicted molar refractivity (Wildman–Crippen MR) is 54.7 cm³/mol. The van der Waals surface area contributed by atoms with Gasteiger partial charge in [-0.2, -0.15) is 0 Å². The van der Waals surface area contributed by atoms with Crippen LogP contribution in [0.5, 0.6) is 5.75 Å². The van der Waals surface area contributed by atoms with Crippen LogP contribution < -0.4 is 0 Å². The third-order valence-electron chi connectivity index (χ3n) is 1.72. The molecule has 2 N–H and O–H groups in total. The molecule has 0 heterocycles. The minimum absolute atomic E-state index is 0.0255. The van der Waals surface area contributed by atoms with Crippen molar-refractivity contribution in [3.05, 3.63) is 42.0 Å².